The van der Waals surface area contributed by atoms with Gasteiger partial charge in [-0.3, -0.25) is 9.78 Å². The van der Waals surface area contributed by atoms with E-state index in [9.17, 15) is 10.1 Å². The first-order valence-electron chi connectivity index (χ1n) is 15.3. The Morgan fingerprint density at radius 3 is 2.13 bits per heavy atom. The minimum absolute atomic E-state index is 0.114. The van der Waals surface area contributed by atoms with Crippen LogP contribution >= 0.6 is 0 Å². The molecule has 1 aromatic carbocycles. The van der Waals surface area contributed by atoms with Crippen LogP contribution < -0.4 is 4.74 Å². The van der Waals surface area contributed by atoms with Crippen molar-refractivity contribution in [3.8, 4) is 23.1 Å². The molecule has 1 aromatic heterocycles. The van der Waals surface area contributed by atoms with Crippen LogP contribution in [0.5, 0.6) is 5.75 Å². The summed E-state index contributed by atoms with van der Waals surface area (Å²) in [6.45, 7) is 4.48. The van der Waals surface area contributed by atoms with Crippen molar-refractivity contribution in [2.24, 2.45) is 11.3 Å². The Morgan fingerprint density at radius 2 is 1.53 bits per heavy atom. The molecule has 1 saturated carbocycles. The molecule has 0 amide bonds. The van der Waals surface area contributed by atoms with E-state index in [0.29, 0.717) is 5.75 Å². The monoisotopic (exact) mass is 516 g/mol. The molecule has 0 unspecified atom stereocenters. The summed E-state index contributed by atoms with van der Waals surface area (Å²) in [7, 11) is 0. The minimum Gasteiger partial charge on any atom is -0.426 e. The molecule has 0 aliphatic heterocycles. The fourth-order valence-corrected chi connectivity index (χ4v) is 5.64. The number of aryl methyl sites for hydroxylation is 1. The van der Waals surface area contributed by atoms with Gasteiger partial charge in [0.1, 0.15) is 5.75 Å². The van der Waals surface area contributed by atoms with Gasteiger partial charge in [-0.1, -0.05) is 84.1 Å². The molecular weight excluding hydrogens is 468 g/mol. The minimum atomic E-state index is -0.250. The van der Waals surface area contributed by atoms with Crippen molar-refractivity contribution < 1.29 is 9.53 Å². The molecule has 2 aromatic rings. The van der Waals surface area contributed by atoms with Crippen molar-refractivity contribution in [1.29, 1.82) is 5.26 Å². The summed E-state index contributed by atoms with van der Waals surface area (Å²) < 4.78 is 5.73. The van der Waals surface area contributed by atoms with Crippen molar-refractivity contribution in [3.05, 3.63) is 48.2 Å². The summed E-state index contributed by atoms with van der Waals surface area (Å²) in [4.78, 5) is 17.5. The van der Waals surface area contributed by atoms with Crippen LogP contribution in [0, 0.1) is 22.7 Å². The first-order valence-corrected chi connectivity index (χ1v) is 15.3. The second kappa shape index (κ2) is 16.3. The maximum atomic E-state index is 12.9. The molecule has 0 atom stereocenters. The van der Waals surface area contributed by atoms with Crippen LogP contribution in [-0.2, 0) is 11.2 Å². The largest absolute Gasteiger partial charge is 0.426 e. The maximum absolute atomic E-state index is 12.9. The molecule has 0 radical (unpaired) electrons. The molecule has 4 nitrogen and oxygen atoms in total. The molecule has 1 fully saturated rings. The summed E-state index contributed by atoms with van der Waals surface area (Å²) in [5.74, 6) is 0.300. The van der Waals surface area contributed by atoms with Gasteiger partial charge >= 0.3 is 5.97 Å². The zero-order chi connectivity index (χ0) is 27.1. The smallest absolute Gasteiger partial charge is 0.314 e. The number of nitrogens with zero attached hydrogens (tertiary/aromatic N) is 2. The van der Waals surface area contributed by atoms with Crippen LogP contribution in [0.4, 0.5) is 0 Å². The van der Waals surface area contributed by atoms with Gasteiger partial charge < -0.3 is 4.74 Å². The molecule has 0 N–H and O–H groups in total. The zero-order valence-corrected chi connectivity index (χ0v) is 23.9. The van der Waals surface area contributed by atoms with Crippen molar-refractivity contribution in [2.75, 3.05) is 0 Å². The third-order valence-electron chi connectivity index (χ3n) is 8.28. The first kappa shape index (κ1) is 29.9. The van der Waals surface area contributed by atoms with E-state index in [1.54, 1.807) is 0 Å². The normalized spacial score (nSPS) is 19.1. The van der Waals surface area contributed by atoms with Crippen molar-refractivity contribution in [2.45, 2.75) is 123 Å². The molecule has 206 valence electrons. The Labute approximate surface area is 231 Å². The Morgan fingerprint density at radius 1 is 0.895 bits per heavy atom. The highest BCUT2D eigenvalue weighted by atomic mass is 16.5. The average Bonchev–Trinajstić information content (AvgIpc) is 2.96. The summed E-state index contributed by atoms with van der Waals surface area (Å²) in [5, 5.41) is 9.90. The highest BCUT2D eigenvalue weighted by molar-refractivity contribution is 5.75. The highest BCUT2D eigenvalue weighted by Crippen LogP contribution is 2.43. The van der Waals surface area contributed by atoms with Crippen LogP contribution in [-0.4, -0.2) is 11.0 Å². The molecule has 1 aliphatic rings. The Hall–Kier alpha value is -2.67. The van der Waals surface area contributed by atoms with Gasteiger partial charge in [0.25, 0.3) is 0 Å². The van der Waals surface area contributed by atoms with E-state index in [2.05, 4.69) is 37.0 Å². The van der Waals surface area contributed by atoms with Crippen molar-refractivity contribution in [1.82, 2.24) is 4.98 Å². The number of hydrogen-bond acceptors (Lipinski definition) is 4. The van der Waals surface area contributed by atoms with E-state index in [-0.39, 0.29) is 17.3 Å². The lowest BCUT2D eigenvalue weighted by atomic mass is 9.69. The van der Waals surface area contributed by atoms with E-state index >= 15 is 0 Å². The van der Waals surface area contributed by atoms with Gasteiger partial charge in [0.15, 0.2) is 0 Å². The number of aromatic nitrogens is 1. The second-order valence-electron chi connectivity index (χ2n) is 11.3. The first-order chi connectivity index (χ1) is 18.6. The Bertz CT molecular complexity index is 983. The summed E-state index contributed by atoms with van der Waals surface area (Å²) in [5.41, 5.74) is 2.98. The lowest BCUT2D eigenvalue weighted by Crippen LogP contribution is -2.31. The van der Waals surface area contributed by atoms with Crippen LogP contribution in [0.2, 0.25) is 0 Å². The van der Waals surface area contributed by atoms with Gasteiger partial charge in [-0.2, -0.15) is 5.26 Å². The molecule has 38 heavy (non-hydrogen) atoms. The van der Waals surface area contributed by atoms with E-state index in [1.165, 1.54) is 69.8 Å². The van der Waals surface area contributed by atoms with Gasteiger partial charge in [0.05, 0.1) is 23.1 Å². The van der Waals surface area contributed by atoms with E-state index in [4.69, 9.17) is 4.74 Å². The van der Waals surface area contributed by atoms with Crippen molar-refractivity contribution in [3.63, 3.8) is 0 Å². The Balaban J connectivity index is 1.42. The average molecular weight is 517 g/mol. The number of rotatable bonds is 16. The quantitative estimate of drug-likeness (QED) is 0.127. The fraction of sp³-hybridized carbons (Fsp3) is 0.618. The molecule has 0 saturated heterocycles. The van der Waals surface area contributed by atoms with Crippen LogP contribution in [0.15, 0.2) is 42.6 Å². The zero-order valence-electron chi connectivity index (χ0n) is 23.9. The summed E-state index contributed by atoms with van der Waals surface area (Å²) in [6, 6.07) is 14.5. The predicted molar refractivity (Wildman–Crippen MR) is 156 cm³/mol. The lowest BCUT2D eigenvalue weighted by Gasteiger charge is -2.34. The number of pyridine rings is 1. The fourth-order valence-electron chi connectivity index (χ4n) is 5.64. The topological polar surface area (TPSA) is 63.0 Å². The number of carbonyl (C=O) groups excluding carboxylic acids is 1. The number of esters is 1. The summed E-state index contributed by atoms with van der Waals surface area (Å²) >= 11 is 0. The number of ether oxygens (including phenoxy) is 1. The van der Waals surface area contributed by atoms with E-state index < -0.39 is 0 Å². The molecular formula is C34H48N2O2. The maximum Gasteiger partial charge on any atom is 0.314 e. The molecule has 1 heterocycles. The standard InChI is InChI=1S/C34H48N2O2/c1-3-5-7-9-10-11-13-23-34(27-35)24-21-30(22-25-34)33(37)38-31-18-16-29(17-19-31)32-20-15-28(26-36-32)14-12-8-6-4-2/h15-20,26,30H,3-14,21-25H2,1-2H3. The van der Waals surface area contributed by atoms with Gasteiger partial charge in [-0.15, -0.1) is 0 Å². The van der Waals surface area contributed by atoms with Crippen LogP contribution in [0.25, 0.3) is 11.3 Å². The molecule has 4 heteroatoms. The Kier molecular flexibility index (Phi) is 12.8. The number of carbonyl (C=O) groups is 1. The molecule has 0 spiro atoms. The van der Waals surface area contributed by atoms with Gasteiger partial charge in [0, 0.05) is 11.8 Å². The number of unbranched alkanes of at least 4 members (excludes halogenated alkanes) is 9. The van der Waals surface area contributed by atoms with Crippen LogP contribution in [0.1, 0.15) is 122 Å². The third-order valence-corrected chi connectivity index (χ3v) is 8.28. The van der Waals surface area contributed by atoms with Crippen LogP contribution in [0.3, 0.4) is 0 Å². The van der Waals surface area contributed by atoms with E-state index in [1.807, 2.05) is 30.5 Å². The van der Waals surface area contributed by atoms with Gasteiger partial charge in [-0.05, 0) is 80.8 Å². The second-order valence-corrected chi connectivity index (χ2v) is 11.3. The highest BCUT2D eigenvalue weighted by Gasteiger charge is 2.38. The molecule has 3 rings (SSSR count). The number of benzene rings is 1. The van der Waals surface area contributed by atoms with Gasteiger partial charge in [0.2, 0.25) is 0 Å². The molecule has 0 bridgehead atoms. The molecule has 1 aliphatic carbocycles. The van der Waals surface area contributed by atoms with Crippen molar-refractivity contribution >= 4 is 5.97 Å². The number of hydrogen-bond donors (Lipinski definition) is 0. The van der Waals surface area contributed by atoms with Gasteiger partial charge in [-0.25, -0.2) is 0 Å². The van der Waals surface area contributed by atoms with E-state index in [0.717, 1.165) is 56.2 Å². The summed E-state index contributed by atoms with van der Waals surface area (Å²) in [6.07, 6.45) is 21.0. The third kappa shape index (κ3) is 9.57. The predicted octanol–water partition coefficient (Wildman–Crippen LogP) is 9.62. The number of nitriles is 1. The lowest BCUT2D eigenvalue weighted by molar-refractivity contribution is -0.140. The SMILES string of the molecule is CCCCCCCCCC1(C#N)CCC(C(=O)Oc2ccc(-c3ccc(CCCCCC)cn3)cc2)CC1.